The van der Waals surface area contributed by atoms with Crippen molar-refractivity contribution in [3.05, 3.63) is 34.9 Å². The molecule has 0 fully saturated rings. The molecule has 0 saturated heterocycles. The van der Waals surface area contributed by atoms with Gasteiger partial charge in [0.25, 0.3) is 5.91 Å². The van der Waals surface area contributed by atoms with Crippen molar-refractivity contribution >= 4 is 23.3 Å². The zero-order valence-electron chi connectivity index (χ0n) is 10.9. The van der Waals surface area contributed by atoms with Crippen molar-refractivity contribution in [1.29, 1.82) is 0 Å². The van der Waals surface area contributed by atoms with Crippen LogP contribution in [0.25, 0.3) is 5.65 Å². The van der Waals surface area contributed by atoms with Crippen LogP contribution in [0, 0.1) is 0 Å². The summed E-state index contributed by atoms with van der Waals surface area (Å²) in [6.45, 7) is 3.78. The molecule has 0 aliphatic heterocycles. The van der Waals surface area contributed by atoms with Gasteiger partial charge in [-0.15, -0.1) is 9.78 Å². The molecule has 0 saturated carbocycles. The van der Waals surface area contributed by atoms with Gasteiger partial charge in [-0.05, 0) is 26.0 Å². The first kappa shape index (κ1) is 13.8. The standard InChI is InChI=1S/C12H16N4O2S/c1-12(2,13)8-19-7-10(17)16-11(18)15-6-4-3-5-9(15)14-16/h3-6H,7-8,13H2,1-2H3. The quantitative estimate of drug-likeness (QED) is 0.887. The van der Waals surface area contributed by atoms with Gasteiger partial charge in [0.1, 0.15) is 0 Å². The number of carbonyl (C=O) groups excluding carboxylic acids is 1. The Balaban J connectivity index is 2.14. The van der Waals surface area contributed by atoms with Crippen LogP contribution in [0.3, 0.4) is 0 Å². The Kier molecular flexibility index (Phi) is 3.77. The van der Waals surface area contributed by atoms with E-state index in [0.29, 0.717) is 11.4 Å². The summed E-state index contributed by atoms with van der Waals surface area (Å²) in [5.74, 6) is 0.494. The van der Waals surface area contributed by atoms with Crippen molar-refractivity contribution in [3.63, 3.8) is 0 Å². The number of fused-ring (bicyclic) bond motifs is 1. The highest BCUT2D eigenvalue weighted by atomic mass is 32.2. The molecule has 0 aromatic carbocycles. The molecule has 2 aromatic heterocycles. The van der Waals surface area contributed by atoms with Crippen molar-refractivity contribution in [1.82, 2.24) is 14.2 Å². The van der Waals surface area contributed by atoms with Gasteiger partial charge in [0.2, 0.25) is 0 Å². The van der Waals surface area contributed by atoms with Crippen LogP contribution in [-0.4, -0.2) is 37.1 Å². The summed E-state index contributed by atoms with van der Waals surface area (Å²) < 4.78 is 2.25. The Morgan fingerprint density at radius 3 is 2.84 bits per heavy atom. The fourth-order valence-electron chi connectivity index (χ4n) is 1.55. The van der Waals surface area contributed by atoms with Crippen LogP contribution in [0.2, 0.25) is 0 Å². The van der Waals surface area contributed by atoms with Crippen LogP contribution in [0.4, 0.5) is 0 Å². The number of hydrogen-bond acceptors (Lipinski definition) is 5. The van der Waals surface area contributed by atoms with E-state index in [1.165, 1.54) is 16.2 Å². The molecule has 2 N–H and O–H groups in total. The third-order valence-corrected chi connectivity index (χ3v) is 3.76. The summed E-state index contributed by atoms with van der Waals surface area (Å²) in [4.78, 5) is 23.9. The van der Waals surface area contributed by atoms with Crippen LogP contribution in [0.15, 0.2) is 29.2 Å². The first-order valence-electron chi connectivity index (χ1n) is 5.85. The van der Waals surface area contributed by atoms with Crippen LogP contribution < -0.4 is 11.4 Å². The predicted molar refractivity (Wildman–Crippen MR) is 75.7 cm³/mol. The van der Waals surface area contributed by atoms with Crippen molar-refractivity contribution in [2.45, 2.75) is 19.4 Å². The maximum absolute atomic E-state index is 11.9. The number of nitrogens with two attached hydrogens (primary N) is 1. The minimum atomic E-state index is -0.437. The number of rotatable bonds is 4. The fraction of sp³-hybridized carbons (Fsp3) is 0.417. The molecular weight excluding hydrogens is 264 g/mol. The van der Waals surface area contributed by atoms with Crippen LogP contribution >= 0.6 is 11.8 Å². The molecule has 19 heavy (non-hydrogen) atoms. The van der Waals surface area contributed by atoms with E-state index >= 15 is 0 Å². The number of pyridine rings is 1. The third kappa shape index (κ3) is 3.24. The molecular formula is C12H16N4O2S. The van der Waals surface area contributed by atoms with E-state index in [2.05, 4.69) is 5.10 Å². The third-order valence-electron chi connectivity index (χ3n) is 2.36. The Labute approximate surface area is 114 Å². The summed E-state index contributed by atoms with van der Waals surface area (Å²) in [5, 5.41) is 4.00. The molecule has 0 radical (unpaired) electrons. The summed E-state index contributed by atoms with van der Waals surface area (Å²) >= 11 is 1.40. The molecule has 7 heteroatoms. The molecule has 0 aliphatic rings. The number of hydrogen-bond donors (Lipinski definition) is 1. The number of aromatic nitrogens is 3. The molecule has 0 aliphatic carbocycles. The highest BCUT2D eigenvalue weighted by Crippen LogP contribution is 2.09. The highest BCUT2D eigenvalue weighted by Gasteiger charge is 2.16. The van der Waals surface area contributed by atoms with Crippen LogP contribution in [0.5, 0.6) is 0 Å². The largest absolute Gasteiger partial charge is 0.357 e. The van der Waals surface area contributed by atoms with Gasteiger partial charge in [-0.25, -0.2) is 9.20 Å². The molecule has 2 heterocycles. The Morgan fingerprint density at radius 2 is 2.21 bits per heavy atom. The zero-order valence-corrected chi connectivity index (χ0v) is 11.7. The van der Waals surface area contributed by atoms with E-state index in [9.17, 15) is 9.59 Å². The monoisotopic (exact) mass is 280 g/mol. The molecule has 0 bridgehead atoms. The maximum atomic E-state index is 11.9. The van der Waals surface area contributed by atoms with E-state index in [4.69, 9.17) is 5.73 Å². The fourth-order valence-corrected chi connectivity index (χ4v) is 2.47. The lowest BCUT2D eigenvalue weighted by Crippen LogP contribution is -2.35. The molecule has 0 amide bonds. The molecule has 2 aromatic rings. The van der Waals surface area contributed by atoms with E-state index in [0.717, 1.165) is 4.68 Å². The van der Waals surface area contributed by atoms with E-state index in [1.807, 2.05) is 13.8 Å². The normalized spacial score (nSPS) is 11.9. The van der Waals surface area contributed by atoms with Crippen LogP contribution in [0.1, 0.15) is 18.6 Å². The summed E-state index contributed by atoms with van der Waals surface area (Å²) in [6.07, 6.45) is 1.59. The Hall–Kier alpha value is -1.60. The second kappa shape index (κ2) is 5.18. The lowest BCUT2D eigenvalue weighted by molar-refractivity contribution is 0.0922. The molecule has 102 valence electrons. The molecule has 0 spiro atoms. The SMILES string of the molecule is CC(C)(N)CSCC(=O)n1nc2ccccn2c1=O. The smallest absolute Gasteiger partial charge is 0.325 e. The first-order valence-corrected chi connectivity index (χ1v) is 7.00. The molecule has 2 rings (SSSR count). The van der Waals surface area contributed by atoms with Gasteiger partial charge in [0.15, 0.2) is 5.65 Å². The van der Waals surface area contributed by atoms with Gasteiger partial charge in [-0.2, -0.15) is 11.8 Å². The summed E-state index contributed by atoms with van der Waals surface area (Å²) in [6, 6.07) is 5.17. The van der Waals surface area contributed by atoms with Gasteiger partial charge in [-0.1, -0.05) is 6.07 Å². The lowest BCUT2D eigenvalue weighted by Gasteiger charge is -2.16. The van der Waals surface area contributed by atoms with Gasteiger partial charge >= 0.3 is 5.69 Å². The van der Waals surface area contributed by atoms with E-state index in [-0.39, 0.29) is 17.2 Å². The van der Waals surface area contributed by atoms with Crippen molar-refractivity contribution < 1.29 is 4.79 Å². The van der Waals surface area contributed by atoms with Gasteiger partial charge in [0.05, 0.1) is 5.75 Å². The topological polar surface area (TPSA) is 82.4 Å². The highest BCUT2D eigenvalue weighted by molar-refractivity contribution is 8.00. The molecule has 0 atom stereocenters. The second-order valence-electron chi connectivity index (χ2n) is 5.00. The minimum Gasteiger partial charge on any atom is -0.325 e. The average Bonchev–Trinajstić information content (AvgIpc) is 2.66. The minimum absolute atomic E-state index is 0.185. The average molecular weight is 280 g/mol. The number of thioether (sulfide) groups is 1. The first-order chi connectivity index (χ1) is 8.88. The maximum Gasteiger partial charge on any atom is 0.357 e. The van der Waals surface area contributed by atoms with E-state index in [1.54, 1.807) is 24.4 Å². The van der Waals surface area contributed by atoms with E-state index < -0.39 is 5.69 Å². The molecule has 6 nitrogen and oxygen atoms in total. The van der Waals surface area contributed by atoms with Crippen LogP contribution in [-0.2, 0) is 0 Å². The van der Waals surface area contributed by atoms with Gasteiger partial charge < -0.3 is 5.73 Å². The van der Waals surface area contributed by atoms with Gasteiger partial charge in [0, 0.05) is 17.5 Å². The Bertz CT molecular complexity index is 654. The zero-order chi connectivity index (χ0) is 14.0. The van der Waals surface area contributed by atoms with Crippen molar-refractivity contribution in [2.75, 3.05) is 11.5 Å². The van der Waals surface area contributed by atoms with Crippen molar-refractivity contribution in [3.8, 4) is 0 Å². The Morgan fingerprint density at radius 1 is 1.47 bits per heavy atom. The summed E-state index contributed by atoms with van der Waals surface area (Å²) in [7, 11) is 0. The summed E-state index contributed by atoms with van der Waals surface area (Å²) in [5.41, 5.74) is 5.52. The van der Waals surface area contributed by atoms with Crippen molar-refractivity contribution in [2.24, 2.45) is 5.73 Å². The van der Waals surface area contributed by atoms with Gasteiger partial charge in [-0.3, -0.25) is 4.79 Å². The number of carbonyl (C=O) groups is 1. The molecule has 0 unspecified atom stereocenters. The lowest BCUT2D eigenvalue weighted by atomic mass is 10.1. The number of nitrogens with zero attached hydrogens (tertiary/aromatic N) is 3. The second-order valence-corrected chi connectivity index (χ2v) is 5.98. The predicted octanol–water partition coefficient (Wildman–Crippen LogP) is 0.607.